The Morgan fingerprint density at radius 1 is 1.10 bits per heavy atom. The van der Waals surface area contributed by atoms with Crippen LogP contribution in [0, 0.1) is 6.92 Å². The van der Waals surface area contributed by atoms with Gasteiger partial charge in [0.05, 0.1) is 11.7 Å². The Bertz CT molecular complexity index is 1120. The predicted molar refractivity (Wildman–Crippen MR) is 119 cm³/mol. The quantitative estimate of drug-likeness (QED) is 0.487. The molecule has 0 saturated carbocycles. The van der Waals surface area contributed by atoms with Crippen molar-refractivity contribution in [3.8, 4) is 0 Å². The third kappa shape index (κ3) is 5.53. The van der Waals surface area contributed by atoms with Crippen molar-refractivity contribution in [1.82, 2.24) is 20.3 Å². The number of carbonyl (C=O) groups excluding carboxylic acids is 3. The average Bonchev–Trinajstić information content (AvgIpc) is 3.12. The molecule has 2 heterocycles. The maximum Gasteiger partial charge on any atom is 0.251 e. The molecule has 0 aliphatic rings. The minimum atomic E-state index is -0.655. The number of nitrogens with two attached hydrogens (primary N) is 1. The molecule has 1 amide bonds. The number of carbonyl (C=O) groups is 3. The van der Waals surface area contributed by atoms with Gasteiger partial charge in [0, 0.05) is 23.6 Å². The highest BCUT2D eigenvalue weighted by Gasteiger charge is 2.18. The molecule has 0 fully saturated rings. The van der Waals surface area contributed by atoms with Crippen LogP contribution in [0.25, 0.3) is 11.0 Å². The van der Waals surface area contributed by atoms with Crippen LogP contribution in [0.5, 0.6) is 0 Å². The fraction of sp³-hybridized carbons (Fsp3) is 0.348. The molecule has 3 rings (SSSR count). The van der Waals surface area contributed by atoms with Crippen LogP contribution in [0.3, 0.4) is 0 Å². The SMILES string of the molecule is CC(=O)CC[C@H](NC(=O)c1ccc(CCc2c[nH]c3nc(N)nc(C)c23)cc1)C(C)=O. The molecule has 0 radical (unpaired) electrons. The topological polar surface area (TPSA) is 131 Å². The van der Waals surface area contributed by atoms with E-state index in [-0.39, 0.29) is 29.8 Å². The third-order valence-corrected chi connectivity index (χ3v) is 5.29. The maximum absolute atomic E-state index is 12.5. The molecule has 1 aromatic carbocycles. The smallest absolute Gasteiger partial charge is 0.251 e. The van der Waals surface area contributed by atoms with Gasteiger partial charge in [-0.05, 0) is 63.3 Å². The summed E-state index contributed by atoms with van der Waals surface area (Å²) in [6.07, 6.45) is 4.07. The molecule has 0 spiro atoms. The molecule has 0 aliphatic heterocycles. The Hall–Kier alpha value is -3.55. The number of benzene rings is 1. The van der Waals surface area contributed by atoms with Crippen LogP contribution in [-0.4, -0.2) is 38.5 Å². The lowest BCUT2D eigenvalue weighted by molar-refractivity contribution is -0.119. The molecule has 0 unspecified atom stereocenters. The van der Waals surface area contributed by atoms with Crippen LogP contribution in [0.2, 0.25) is 0 Å². The number of rotatable bonds is 9. The van der Waals surface area contributed by atoms with E-state index in [9.17, 15) is 14.4 Å². The number of anilines is 1. The van der Waals surface area contributed by atoms with Gasteiger partial charge in [-0.1, -0.05) is 12.1 Å². The number of aromatic amines is 1. The first-order chi connectivity index (χ1) is 14.7. The van der Waals surface area contributed by atoms with E-state index in [0.717, 1.165) is 40.7 Å². The number of fused-ring (bicyclic) bond motifs is 1. The van der Waals surface area contributed by atoms with Crippen LogP contribution in [0.4, 0.5) is 5.95 Å². The van der Waals surface area contributed by atoms with Crippen molar-refractivity contribution >= 4 is 34.5 Å². The van der Waals surface area contributed by atoms with Gasteiger partial charge in [0.2, 0.25) is 5.95 Å². The largest absolute Gasteiger partial charge is 0.368 e. The molecule has 162 valence electrons. The Balaban J connectivity index is 1.63. The van der Waals surface area contributed by atoms with Crippen molar-refractivity contribution < 1.29 is 14.4 Å². The summed E-state index contributed by atoms with van der Waals surface area (Å²) in [5.74, 6) is -0.242. The summed E-state index contributed by atoms with van der Waals surface area (Å²) in [6.45, 7) is 4.80. The minimum Gasteiger partial charge on any atom is -0.368 e. The number of Topliss-reactive ketones (excluding diaryl/α,β-unsaturated/α-hetero) is 2. The first-order valence-corrected chi connectivity index (χ1v) is 10.2. The lowest BCUT2D eigenvalue weighted by Gasteiger charge is -2.15. The molecule has 0 bridgehead atoms. The van der Waals surface area contributed by atoms with E-state index in [0.29, 0.717) is 12.0 Å². The minimum absolute atomic E-state index is 0.00900. The van der Waals surface area contributed by atoms with Gasteiger partial charge in [-0.25, -0.2) is 4.98 Å². The second-order valence-electron chi connectivity index (χ2n) is 7.78. The number of H-pyrrole nitrogens is 1. The van der Waals surface area contributed by atoms with Crippen LogP contribution in [-0.2, 0) is 22.4 Å². The zero-order valence-corrected chi connectivity index (χ0v) is 18.0. The molecular formula is C23H27N5O3. The lowest BCUT2D eigenvalue weighted by atomic mass is 10.0. The van der Waals surface area contributed by atoms with E-state index < -0.39 is 6.04 Å². The number of nitrogens with zero attached hydrogens (tertiary/aromatic N) is 2. The van der Waals surface area contributed by atoms with Gasteiger partial charge in [0.1, 0.15) is 11.4 Å². The number of aromatic nitrogens is 3. The highest BCUT2D eigenvalue weighted by Crippen LogP contribution is 2.22. The molecule has 8 nitrogen and oxygen atoms in total. The molecule has 31 heavy (non-hydrogen) atoms. The van der Waals surface area contributed by atoms with Gasteiger partial charge in [0.25, 0.3) is 5.91 Å². The van der Waals surface area contributed by atoms with Crippen molar-refractivity contribution in [2.24, 2.45) is 0 Å². The number of nitrogens with one attached hydrogen (secondary N) is 2. The normalized spacial score (nSPS) is 12.0. The van der Waals surface area contributed by atoms with Crippen LogP contribution >= 0.6 is 0 Å². The van der Waals surface area contributed by atoms with E-state index in [1.54, 1.807) is 12.1 Å². The van der Waals surface area contributed by atoms with E-state index in [1.165, 1.54) is 13.8 Å². The second-order valence-corrected chi connectivity index (χ2v) is 7.78. The molecule has 3 aromatic rings. The molecule has 8 heteroatoms. The molecule has 4 N–H and O–H groups in total. The van der Waals surface area contributed by atoms with Crippen LogP contribution in [0.1, 0.15) is 53.9 Å². The summed E-state index contributed by atoms with van der Waals surface area (Å²) in [4.78, 5) is 47.0. The monoisotopic (exact) mass is 421 g/mol. The fourth-order valence-corrected chi connectivity index (χ4v) is 3.58. The summed E-state index contributed by atoms with van der Waals surface area (Å²) in [7, 11) is 0. The van der Waals surface area contributed by atoms with Crippen molar-refractivity contribution in [3.63, 3.8) is 0 Å². The van der Waals surface area contributed by atoms with Gasteiger partial charge in [-0.3, -0.25) is 9.59 Å². The number of nitrogen functional groups attached to an aromatic ring is 1. The van der Waals surface area contributed by atoms with Gasteiger partial charge in [0.15, 0.2) is 5.78 Å². The second kappa shape index (κ2) is 9.51. The number of ketones is 2. The molecule has 0 aliphatic carbocycles. The van der Waals surface area contributed by atoms with E-state index in [1.807, 2.05) is 25.3 Å². The average molecular weight is 422 g/mol. The summed E-state index contributed by atoms with van der Waals surface area (Å²) in [5.41, 5.74) is 9.96. The number of aryl methyl sites for hydroxylation is 3. The first kappa shape index (κ1) is 22.1. The van der Waals surface area contributed by atoms with Crippen molar-refractivity contribution in [3.05, 3.63) is 52.8 Å². The van der Waals surface area contributed by atoms with Gasteiger partial charge >= 0.3 is 0 Å². The van der Waals surface area contributed by atoms with Crippen molar-refractivity contribution in [1.29, 1.82) is 0 Å². The Labute approximate surface area is 180 Å². The van der Waals surface area contributed by atoms with E-state index in [4.69, 9.17) is 5.73 Å². The summed E-state index contributed by atoms with van der Waals surface area (Å²) in [6, 6.07) is 6.65. The van der Waals surface area contributed by atoms with Gasteiger partial charge in [-0.2, -0.15) is 4.98 Å². The van der Waals surface area contributed by atoms with E-state index >= 15 is 0 Å². The van der Waals surface area contributed by atoms with Gasteiger partial charge in [-0.15, -0.1) is 0 Å². The Kier molecular flexibility index (Phi) is 6.79. The van der Waals surface area contributed by atoms with Crippen LogP contribution < -0.4 is 11.1 Å². The van der Waals surface area contributed by atoms with E-state index in [2.05, 4.69) is 20.3 Å². The first-order valence-electron chi connectivity index (χ1n) is 10.2. The van der Waals surface area contributed by atoms with Crippen LogP contribution in [0.15, 0.2) is 30.5 Å². The summed E-state index contributed by atoms with van der Waals surface area (Å²) >= 11 is 0. The standard InChI is InChI=1S/C23H27N5O3/c1-13(29)4-11-19(15(3)30)27-22(31)17-8-5-16(6-9-17)7-10-18-12-25-21-20(18)14(2)26-23(24)28-21/h5-6,8-9,12,19H,4,7,10-11H2,1-3H3,(H,27,31)(H3,24,25,26,28)/t19-/m0/s1. The Morgan fingerprint density at radius 2 is 1.81 bits per heavy atom. The van der Waals surface area contributed by atoms with Gasteiger partial charge < -0.3 is 20.8 Å². The summed E-state index contributed by atoms with van der Waals surface area (Å²) < 4.78 is 0. The lowest BCUT2D eigenvalue weighted by Crippen LogP contribution is -2.40. The molecular weight excluding hydrogens is 394 g/mol. The number of amides is 1. The number of hydrogen-bond donors (Lipinski definition) is 3. The van der Waals surface area contributed by atoms with Crippen molar-refractivity contribution in [2.45, 2.75) is 52.5 Å². The molecule has 1 atom stereocenters. The molecule has 2 aromatic heterocycles. The highest BCUT2D eigenvalue weighted by atomic mass is 16.2. The summed E-state index contributed by atoms with van der Waals surface area (Å²) in [5, 5.41) is 3.72. The highest BCUT2D eigenvalue weighted by molar-refractivity contribution is 5.97. The zero-order valence-electron chi connectivity index (χ0n) is 18.0. The third-order valence-electron chi connectivity index (χ3n) is 5.29. The number of hydrogen-bond acceptors (Lipinski definition) is 6. The maximum atomic E-state index is 12.5. The predicted octanol–water partition coefficient (Wildman–Crippen LogP) is 2.69. The fourth-order valence-electron chi connectivity index (χ4n) is 3.58. The Morgan fingerprint density at radius 3 is 2.45 bits per heavy atom. The molecule has 0 saturated heterocycles. The van der Waals surface area contributed by atoms with Crippen molar-refractivity contribution in [2.75, 3.05) is 5.73 Å². The zero-order chi connectivity index (χ0) is 22.5.